The Morgan fingerprint density at radius 1 is 1.50 bits per heavy atom. The van der Waals surface area contributed by atoms with Crippen LogP contribution in [0.4, 0.5) is 0 Å². The normalized spacial score (nSPS) is 23.1. The maximum atomic E-state index is 11.8. The number of carbonyl (C=O) groups is 2. The van der Waals surface area contributed by atoms with Crippen LogP contribution >= 0.6 is 11.6 Å². The van der Waals surface area contributed by atoms with E-state index in [1.54, 1.807) is 13.8 Å². The van der Waals surface area contributed by atoms with E-state index >= 15 is 0 Å². The van der Waals surface area contributed by atoms with Crippen molar-refractivity contribution in [1.82, 2.24) is 0 Å². The average molecular weight is 273 g/mol. The topological polar surface area (TPSA) is 63.6 Å². The molecule has 0 amide bonds. The molecule has 1 unspecified atom stereocenters. The van der Waals surface area contributed by atoms with Gasteiger partial charge in [0.15, 0.2) is 0 Å². The molecule has 0 heterocycles. The first-order chi connectivity index (χ1) is 8.38. The summed E-state index contributed by atoms with van der Waals surface area (Å²) in [4.78, 5) is 22.7. The van der Waals surface area contributed by atoms with Crippen molar-refractivity contribution >= 4 is 23.9 Å². The van der Waals surface area contributed by atoms with Crippen LogP contribution in [0.2, 0.25) is 0 Å². The smallest absolute Gasteiger partial charge is 0.311 e. The lowest BCUT2D eigenvalue weighted by Crippen LogP contribution is -2.36. The number of esters is 1. The van der Waals surface area contributed by atoms with Crippen LogP contribution in [0.15, 0.2) is 22.4 Å². The monoisotopic (exact) mass is 272 g/mol. The van der Waals surface area contributed by atoms with Crippen LogP contribution < -0.4 is 0 Å². The molecule has 0 spiro atoms. The van der Waals surface area contributed by atoms with E-state index in [4.69, 9.17) is 21.4 Å². The van der Waals surface area contributed by atoms with Crippen molar-refractivity contribution in [2.24, 2.45) is 11.3 Å². The molecule has 100 valence electrons. The van der Waals surface area contributed by atoms with Crippen molar-refractivity contribution in [2.75, 3.05) is 7.11 Å². The van der Waals surface area contributed by atoms with Crippen molar-refractivity contribution in [3.8, 4) is 0 Å². The summed E-state index contributed by atoms with van der Waals surface area (Å²) >= 11 is 5.98. The molecule has 0 bridgehead atoms. The van der Waals surface area contributed by atoms with Gasteiger partial charge in [-0.05, 0) is 32.6 Å². The Hall–Kier alpha value is -1.29. The summed E-state index contributed by atoms with van der Waals surface area (Å²) in [5.41, 5.74) is 0.145. The standard InChI is InChI=1S/C13H17ClO4/c1-13(2,12(17)18-3)10-4-8(6-15)11(14)9(5-10)7-16/h6-7,10,15H,4-5H2,1-3H3/b8-6+. The quantitative estimate of drug-likeness (QED) is 0.487. The number of halogens is 1. The summed E-state index contributed by atoms with van der Waals surface area (Å²) in [6.45, 7) is 3.53. The molecular formula is C13H17ClO4. The summed E-state index contributed by atoms with van der Waals surface area (Å²) < 4.78 is 4.77. The van der Waals surface area contributed by atoms with Gasteiger partial charge in [-0.25, -0.2) is 0 Å². The molecule has 0 saturated heterocycles. The van der Waals surface area contributed by atoms with E-state index in [9.17, 15) is 9.59 Å². The maximum absolute atomic E-state index is 11.8. The van der Waals surface area contributed by atoms with Gasteiger partial charge in [-0.2, -0.15) is 0 Å². The second-order valence-corrected chi connectivity index (χ2v) is 5.31. The van der Waals surface area contributed by atoms with E-state index in [0.717, 1.165) is 6.26 Å². The fourth-order valence-electron chi connectivity index (χ4n) is 2.14. The third-order valence-electron chi connectivity index (χ3n) is 3.53. The maximum Gasteiger partial charge on any atom is 0.311 e. The number of aldehydes is 1. The van der Waals surface area contributed by atoms with Crippen molar-refractivity contribution < 1.29 is 19.4 Å². The lowest BCUT2D eigenvalue weighted by Gasteiger charge is -2.35. The number of ether oxygens (including phenoxy) is 1. The lowest BCUT2D eigenvalue weighted by atomic mass is 9.70. The van der Waals surface area contributed by atoms with Crippen molar-refractivity contribution in [3.05, 3.63) is 22.4 Å². The summed E-state index contributed by atoms with van der Waals surface area (Å²) in [6.07, 6.45) is 2.41. The molecule has 0 fully saturated rings. The van der Waals surface area contributed by atoms with Gasteiger partial charge in [0.1, 0.15) is 6.29 Å². The molecule has 0 aliphatic heterocycles. The predicted octanol–water partition coefficient (Wildman–Crippen LogP) is 2.73. The number of hydrogen-bond acceptors (Lipinski definition) is 4. The number of aliphatic hydroxyl groups excluding tert-OH is 1. The number of rotatable bonds is 3. The average Bonchev–Trinajstić information content (AvgIpc) is 2.37. The van der Waals surface area contributed by atoms with Gasteiger partial charge in [-0.1, -0.05) is 11.6 Å². The molecule has 1 rings (SSSR count). The van der Waals surface area contributed by atoms with Crippen LogP contribution in [-0.2, 0) is 14.3 Å². The number of allylic oxidation sites excluding steroid dienone is 3. The fourth-order valence-corrected chi connectivity index (χ4v) is 2.39. The Morgan fingerprint density at radius 2 is 2.11 bits per heavy atom. The molecule has 1 atom stereocenters. The lowest BCUT2D eigenvalue weighted by molar-refractivity contribution is -0.154. The van der Waals surface area contributed by atoms with Crippen molar-refractivity contribution in [2.45, 2.75) is 26.7 Å². The first kappa shape index (κ1) is 14.8. The van der Waals surface area contributed by atoms with Gasteiger partial charge in [0, 0.05) is 11.1 Å². The van der Waals surface area contributed by atoms with E-state index in [2.05, 4.69) is 0 Å². The molecule has 0 aromatic heterocycles. The minimum Gasteiger partial charge on any atom is -0.515 e. The summed E-state index contributed by atoms with van der Waals surface area (Å²) in [6, 6.07) is 0. The van der Waals surface area contributed by atoms with E-state index in [1.165, 1.54) is 7.11 Å². The highest BCUT2D eigenvalue weighted by Crippen LogP contribution is 2.43. The molecule has 4 nitrogen and oxygen atoms in total. The van der Waals surface area contributed by atoms with Crippen LogP contribution in [0.25, 0.3) is 0 Å². The van der Waals surface area contributed by atoms with E-state index < -0.39 is 5.41 Å². The molecule has 1 N–H and O–H groups in total. The third kappa shape index (κ3) is 2.58. The number of methoxy groups -OCH3 is 1. The molecular weight excluding hydrogens is 256 g/mol. The second kappa shape index (κ2) is 5.57. The van der Waals surface area contributed by atoms with Crippen LogP contribution in [0, 0.1) is 11.3 Å². The molecule has 0 radical (unpaired) electrons. The summed E-state index contributed by atoms with van der Waals surface area (Å²) in [7, 11) is 1.33. The van der Waals surface area contributed by atoms with Gasteiger partial charge >= 0.3 is 5.97 Å². The van der Waals surface area contributed by atoms with Crippen LogP contribution in [0.1, 0.15) is 26.7 Å². The fraction of sp³-hybridized carbons (Fsp3) is 0.538. The zero-order valence-electron chi connectivity index (χ0n) is 10.7. The predicted molar refractivity (Wildman–Crippen MR) is 68.2 cm³/mol. The van der Waals surface area contributed by atoms with Gasteiger partial charge in [-0.3, -0.25) is 9.59 Å². The molecule has 18 heavy (non-hydrogen) atoms. The van der Waals surface area contributed by atoms with Crippen molar-refractivity contribution in [3.63, 3.8) is 0 Å². The van der Waals surface area contributed by atoms with Gasteiger partial charge in [0.25, 0.3) is 0 Å². The van der Waals surface area contributed by atoms with E-state index in [-0.39, 0.29) is 16.9 Å². The van der Waals surface area contributed by atoms with Gasteiger partial charge in [-0.15, -0.1) is 0 Å². The Bertz CT molecular complexity index is 421. The van der Waals surface area contributed by atoms with Gasteiger partial charge < -0.3 is 9.84 Å². The highest BCUT2D eigenvalue weighted by Gasteiger charge is 2.41. The zero-order chi connectivity index (χ0) is 13.9. The number of aliphatic hydroxyl groups is 1. The van der Waals surface area contributed by atoms with E-state index in [0.29, 0.717) is 30.3 Å². The molecule has 0 aromatic carbocycles. The summed E-state index contributed by atoms with van der Waals surface area (Å²) in [5, 5.41) is 9.42. The van der Waals surface area contributed by atoms with Crippen molar-refractivity contribution in [1.29, 1.82) is 0 Å². The highest BCUT2D eigenvalue weighted by atomic mass is 35.5. The minimum absolute atomic E-state index is 0.133. The highest BCUT2D eigenvalue weighted by molar-refractivity contribution is 6.33. The SMILES string of the molecule is COC(=O)C(C)(C)C1CC(C=O)=C(Cl)/C(=C/O)C1. The Balaban J connectivity index is 3.10. The third-order valence-corrected chi connectivity index (χ3v) is 4.01. The second-order valence-electron chi connectivity index (χ2n) is 4.93. The first-order valence-corrected chi connectivity index (χ1v) is 6.02. The zero-order valence-corrected chi connectivity index (χ0v) is 11.5. The molecule has 0 aromatic rings. The Morgan fingerprint density at radius 3 is 2.56 bits per heavy atom. The Kier molecular flexibility index (Phi) is 4.57. The Labute approximate surface area is 111 Å². The van der Waals surface area contributed by atoms with Crippen LogP contribution in [0.3, 0.4) is 0 Å². The largest absolute Gasteiger partial charge is 0.515 e. The first-order valence-electron chi connectivity index (χ1n) is 5.64. The molecule has 5 heteroatoms. The number of hydrogen-bond donors (Lipinski definition) is 1. The van der Waals surface area contributed by atoms with Crippen LogP contribution in [-0.4, -0.2) is 24.5 Å². The van der Waals surface area contributed by atoms with Gasteiger partial charge in [0.2, 0.25) is 0 Å². The molecule has 1 aliphatic rings. The molecule has 0 saturated carbocycles. The summed E-state index contributed by atoms with van der Waals surface area (Å²) in [5.74, 6) is -0.473. The number of carbonyl (C=O) groups excluding carboxylic acids is 2. The van der Waals surface area contributed by atoms with E-state index in [1.807, 2.05) is 0 Å². The minimum atomic E-state index is -0.741. The van der Waals surface area contributed by atoms with Gasteiger partial charge in [0.05, 0.1) is 23.8 Å². The molecule has 1 aliphatic carbocycles. The van der Waals surface area contributed by atoms with Crippen LogP contribution in [0.5, 0.6) is 0 Å².